The fourth-order valence-corrected chi connectivity index (χ4v) is 1.00. The molecule has 1 heteroatoms. The number of alkyl halides is 1. The molecule has 0 nitrogen and oxygen atoms in total. The highest BCUT2D eigenvalue weighted by atomic mass is 79.9. The van der Waals surface area contributed by atoms with Crippen molar-refractivity contribution in [1.82, 2.24) is 0 Å². The summed E-state index contributed by atoms with van der Waals surface area (Å²) >= 11 is 3.43. The van der Waals surface area contributed by atoms with E-state index >= 15 is 0 Å². The molecular weight excluding hydrogens is 176 g/mol. The normalized spacial score (nSPS) is 12.0. The summed E-state index contributed by atoms with van der Waals surface area (Å²) in [4.78, 5) is 0. The van der Waals surface area contributed by atoms with Crippen molar-refractivity contribution in [3.05, 3.63) is 0 Å². The molecule has 0 aliphatic carbocycles. The van der Waals surface area contributed by atoms with Crippen molar-refractivity contribution in [3.63, 3.8) is 0 Å². The summed E-state index contributed by atoms with van der Waals surface area (Å²) < 4.78 is 0. The van der Waals surface area contributed by atoms with Crippen LogP contribution in [0.3, 0.4) is 0 Å². The lowest BCUT2D eigenvalue weighted by molar-refractivity contribution is 0.320. The standard InChI is InChI=1S/C8H17Br/c1-4-8(2,3)6-5-7-9/h4-7H2,1-3H3. The van der Waals surface area contributed by atoms with Crippen molar-refractivity contribution in [3.8, 4) is 0 Å². The second-order valence-corrected chi connectivity index (χ2v) is 4.10. The molecule has 0 aliphatic rings. The summed E-state index contributed by atoms with van der Waals surface area (Å²) in [6, 6.07) is 0. The average Bonchev–Trinajstić information content (AvgIpc) is 1.84. The Morgan fingerprint density at radius 3 is 2.22 bits per heavy atom. The first kappa shape index (κ1) is 9.48. The van der Waals surface area contributed by atoms with Crippen molar-refractivity contribution in [1.29, 1.82) is 0 Å². The van der Waals surface area contributed by atoms with Gasteiger partial charge >= 0.3 is 0 Å². The summed E-state index contributed by atoms with van der Waals surface area (Å²) in [5, 5.41) is 1.15. The maximum Gasteiger partial charge on any atom is 0.00315 e. The predicted octanol–water partition coefficient (Wildman–Crippen LogP) is 3.60. The first-order valence-electron chi connectivity index (χ1n) is 3.68. The van der Waals surface area contributed by atoms with Gasteiger partial charge in [0.15, 0.2) is 0 Å². The number of hydrogen-bond donors (Lipinski definition) is 0. The van der Waals surface area contributed by atoms with Crippen molar-refractivity contribution < 1.29 is 0 Å². The van der Waals surface area contributed by atoms with Crippen LogP contribution in [0, 0.1) is 5.41 Å². The Kier molecular flexibility index (Phi) is 4.55. The minimum atomic E-state index is 0.563. The van der Waals surface area contributed by atoms with Crippen molar-refractivity contribution >= 4 is 15.9 Å². The lowest BCUT2D eigenvalue weighted by Gasteiger charge is -2.21. The van der Waals surface area contributed by atoms with Crippen LogP contribution in [0.5, 0.6) is 0 Å². The van der Waals surface area contributed by atoms with Crippen LogP contribution in [0.25, 0.3) is 0 Å². The van der Waals surface area contributed by atoms with E-state index in [0.717, 1.165) is 5.33 Å². The van der Waals surface area contributed by atoms with Gasteiger partial charge in [0, 0.05) is 5.33 Å². The summed E-state index contributed by atoms with van der Waals surface area (Å²) in [5.74, 6) is 0. The van der Waals surface area contributed by atoms with Gasteiger partial charge in [-0.25, -0.2) is 0 Å². The molecule has 0 unspecified atom stereocenters. The topological polar surface area (TPSA) is 0 Å². The van der Waals surface area contributed by atoms with E-state index in [1.54, 1.807) is 0 Å². The molecule has 0 saturated carbocycles. The molecule has 0 spiro atoms. The average molecular weight is 193 g/mol. The highest BCUT2D eigenvalue weighted by Crippen LogP contribution is 2.25. The molecule has 0 amide bonds. The zero-order chi connectivity index (χ0) is 7.33. The van der Waals surface area contributed by atoms with Crippen LogP contribution in [0.15, 0.2) is 0 Å². The number of rotatable bonds is 4. The van der Waals surface area contributed by atoms with E-state index in [9.17, 15) is 0 Å². The van der Waals surface area contributed by atoms with Gasteiger partial charge in [-0.1, -0.05) is 43.1 Å². The van der Waals surface area contributed by atoms with Crippen LogP contribution < -0.4 is 0 Å². The van der Waals surface area contributed by atoms with Gasteiger partial charge in [0.1, 0.15) is 0 Å². The summed E-state index contributed by atoms with van der Waals surface area (Å²) in [6.45, 7) is 6.92. The second-order valence-electron chi connectivity index (χ2n) is 3.31. The first-order valence-corrected chi connectivity index (χ1v) is 4.80. The van der Waals surface area contributed by atoms with Crippen LogP contribution in [0.2, 0.25) is 0 Å². The maximum absolute atomic E-state index is 3.43. The Bertz CT molecular complexity index is 67.0. The molecule has 0 fully saturated rings. The second kappa shape index (κ2) is 4.32. The van der Waals surface area contributed by atoms with Crippen molar-refractivity contribution in [2.45, 2.75) is 40.0 Å². The van der Waals surface area contributed by atoms with Crippen molar-refractivity contribution in [2.24, 2.45) is 5.41 Å². The summed E-state index contributed by atoms with van der Waals surface area (Å²) in [6.07, 6.45) is 3.94. The summed E-state index contributed by atoms with van der Waals surface area (Å²) in [7, 11) is 0. The summed E-state index contributed by atoms with van der Waals surface area (Å²) in [5.41, 5.74) is 0.563. The van der Waals surface area contributed by atoms with Gasteiger partial charge in [0.25, 0.3) is 0 Å². The van der Waals surface area contributed by atoms with Crippen LogP contribution in [-0.2, 0) is 0 Å². The molecule has 56 valence electrons. The Balaban J connectivity index is 3.33. The molecule has 0 rings (SSSR count). The smallest absolute Gasteiger partial charge is 0.00315 e. The van der Waals surface area contributed by atoms with E-state index in [1.165, 1.54) is 19.3 Å². The minimum absolute atomic E-state index is 0.563. The molecule has 0 aromatic heterocycles. The molecule has 0 bridgehead atoms. The van der Waals surface area contributed by atoms with E-state index in [4.69, 9.17) is 0 Å². The zero-order valence-corrected chi connectivity index (χ0v) is 8.29. The van der Waals surface area contributed by atoms with Gasteiger partial charge in [-0.15, -0.1) is 0 Å². The number of hydrogen-bond acceptors (Lipinski definition) is 0. The third-order valence-electron chi connectivity index (χ3n) is 1.94. The minimum Gasteiger partial charge on any atom is -0.0928 e. The first-order chi connectivity index (χ1) is 4.12. The van der Waals surface area contributed by atoms with Crippen LogP contribution in [-0.4, -0.2) is 5.33 Å². The predicted molar refractivity (Wildman–Crippen MR) is 47.1 cm³/mol. The largest absolute Gasteiger partial charge is 0.0928 e. The lowest BCUT2D eigenvalue weighted by Crippen LogP contribution is -2.08. The Labute approximate surface area is 67.2 Å². The van der Waals surface area contributed by atoms with E-state index in [1.807, 2.05) is 0 Å². The van der Waals surface area contributed by atoms with Crippen LogP contribution in [0.1, 0.15) is 40.0 Å². The highest BCUT2D eigenvalue weighted by Gasteiger charge is 2.12. The molecule has 0 aromatic carbocycles. The van der Waals surface area contributed by atoms with Crippen molar-refractivity contribution in [2.75, 3.05) is 5.33 Å². The Morgan fingerprint density at radius 1 is 1.33 bits per heavy atom. The van der Waals surface area contributed by atoms with Gasteiger partial charge in [-0.05, 0) is 18.3 Å². The maximum atomic E-state index is 3.43. The molecule has 0 N–H and O–H groups in total. The molecule has 0 atom stereocenters. The van der Waals surface area contributed by atoms with Gasteiger partial charge in [0.05, 0.1) is 0 Å². The monoisotopic (exact) mass is 192 g/mol. The Hall–Kier alpha value is 0.480. The van der Waals surface area contributed by atoms with Gasteiger partial charge in [-0.2, -0.15) is 0 Å². The van der Waals surface area contributed by atoms with Crippen LogP contribution in [0.4, 0.5) is 0 Å². The lowest BCUT2D eigenvalue weighted by atomic mass is 9.86. The fourth-order valence-electron chi connectivity index (χ4n) is 0.722. The molecule has 0 aliphatic heterocycles. The molecule has 9 heavy (non-hydrogen) atoms. The third-order valence-corrected chi connectivity index (χ3v) is 2.51. The molecule has 0 aromatic rings. The quantitative estimate of drug-likeness (QED) is 0.598. The van der Waals surface area contributed by atoms with E-state index in [-0.39, 0.29) is 0 Å². The van der Waals surface area contributed by atoms with E-state index in [2.05, 4.69) is 36.7 Å². The van der Waals surface area contributed by atoms with E-state index in [0.29, 0.717) is 5.41 Å². The highest BCUT2D eigenvalue weighted by molar-refractivity contribution is 9.09. The van der Waals surface area contributed by atoms with Gasteiger partial charge in [-0.3, -0.25) is 0 Å². The van der Waals surface area contributed by atoms with Gasteiger partial charge < -0.3 is 0 Å². The third kappa shape index (κ3) is 4.95. The van der Waals surface area contributed by atoms with Crippen LogP contribution >= 0.6 is 15.9 Å². The van der Waals surface area contributed by atoms with Gasteiger partial charge in [0.2, 0.25) is 0 Å². The number of halogens is 1. The SMILES string of the molecule is CCC(C)(C)CCCBr. The fraction of sp³-hybridized carbons (Fsp3) is 1.00. The molecular formula is C8H17Br. The molecule has 0 heterocycles. The zero-order valence-electron chi connectivity index (χ0n) is 6.71. The van der Waals surface area contributed by atoms with E-state index < -0.39 is 0 Å². The molecule has 0 saturated heterocycles. The molecule has 0 radical (unpaired) electrons. The Morgan fingerprint density at radius 2 is 1.89 bits per heavy atom.